The third-order valence-electron chi connectivity index (χ3n) is 7.21. The highest BCUT2D eigenvalue weighted by atomic mass is 16.4. The zero-order valence-corrected chi connectivity index (χ0v) is 22.4. The summed E-state index contributed by atoms with van der Waals surface area (Å²) >= 11 is 0. The molecule has 2 aliphatic rings. The molecule has 0 bridgehead atoms. The summed E-state index contributed by atoms with van der Waals surface area (Å²) in [6.07, 6.45) is 2.72. The lowest BCUT2D eigenvalue weighted by molar-refractivity contribution is 0.0686. The van der Waals surface area contributed by atoms with Crippen molar-refractivity contribution in [2.45, 2.75) is 0 Å². The van der Waals surface area contributed by atoms with E-state index in [4.69, 9.17) is 0 Å². The predicted octanol–water partition coefficient (Wildman–Crippen LogP) is 4.58. The molecule has 0 radical (unpaired) electrons. The first-order valence-corrected chi connectivity index (χ1v) is 13.0. The van der Waals surface area contributed by atoms with Crippen LogP contribution in [-0.2, 0) is 0 Å². The predicted molar refractivity (Wildman–Crippen MR) is 155 cm³/mol. The molecule has 0 atom stereocenters. The minimum absolute atomic E-state index is 0.0220. The number of hydrogen-bond donors (Lipinski definition) is 2. The maximum Gasteiger partial charge on any atom is 0.335 e. The number of carboxylic acid groups (broad SMARTS) is 2. The summed E-state index contributed by atoms with van der Waals surface area (Å²) < 4.78 is 0. The molecule has 2 aliphatic heterocycles. The van der Waals surface area contributed by atoms with E-state index in [1.165, 1.54) is 72.8 Å². The van der Waals surface area contributed by atoms with Gasteiger partial charge in [0.05, 0.1) is 44.8 Å². The summed E-state index contributed by atoms with van der Waals surface area (Å²) in [6.45, 7) is 0. The number of amides is 4. The van der Waals surface area contributed by atoms with Crippen LogP contribution in [0, 0.1) is 0 Å². The van der Waals surface area contributed by atoms with Gasteiger partial charge >= 0.3 is 11.9 Å². The number of anilines is 2. The van der Waals surface area contributed by atoms with Crippen molar-refractivity contribution >= 4 is 58.8 Å². The number of rotatable bonds is 7. The largest absolute Gasteiger partial charge is 0.478 e. The molecule has 44 heavy (non-hydrogen) atoms. The zero-order chi connectivity index (χ0) is 31.3. The number of aromatic carboxylic acids is 2. The normalized spacial score (nSPS) is 13.9. The van der Waals surface area contributed by atoms with Crippen molar-refractivity contribution in [2.24, 2.45) is 0 Å². The van der Waals surface area contributed by atoms with Gasteiger partial charge in [-0.3, -0.25) is 24.0 Å². The fraction of sp³-hybridized carbons (Fsp3) is 0. The van der Waals surface area contributed by atoms with Gasteiger partial charge in [-0.2, -0.15) is 0 Å². The second kappa shape index (κ2) is 10.4. The number of benzene rings is 4. The number of nitrogens with zero attached hydrogens (tertiary/aromatic N) is 2. The molecule has 0 saturated carbocycles. The molecule has 2 heterocycles. The van der Waals surface area contributed by atoms with E-state index in [2.05, 4.69) is 0 Å². The van der Waals surface area contributed by atoms with Crippen LogP contribution in [0.3, 0.4) is 0 Å². The average molecular weight is 587 g/mol. The molecule has 0 aliphatic carbocycles. The van der Waals surface area contributed by atoms with Crippen LogP contribution >= 0.6 is 0 Å². The first-order chi connectivity index (χ1) is 21.0. The van der Waals surface area contributed by atoms with Gasteiger partial charge in [-0.05, 0) is 72.3 Å². The van der Waals surface area contributed by atoms with Gasteiger partial charge in [-0.1, -0.05) is 30.3 Å². The van der Waals surface area contributed by atoms with Crippen LogP contribution in [0.1, 0.15) is 78.1 Å². The van der Waals surface area contributed by atoms with Crippen molar-refractivity contribution in [1.82, 2.24) is 0 Å². The number of allylic oxidation sites excluding steroid dienone is 1. The van der Waals surface area contributed by atoms with E-state index in [0.717, 1.165) is 21.9 Å². The Morgan fingerprint density at radius 1 is 0.523 bits per heavy atom. The molecule has 0 fully saturated rings. The van der Waals surface area contributed by atoms with E-state index in [9.17, 15) is 43.8 Å². The SMILES string of the molecule is O=C(O)c1ccc2c(c1)C(=O)N(c1cccc(C=CC(=O)c3cccc(N4C(=O)c5ccc(C(=O)O)cc5C4=O)c3)c1)C2=O. The van der Waals surface area contributed by atoms with Gasteiger partial charge < -0.3 is 10.2 Å². The van der Waals surface area contributed by atoms with Crippen molar-refractivity contribution in [3.8, 4) is 0 Å². The summed E-state index contributed by atoms with van der Waals surface area (Å²) in [4.78, 5) is 89.5. The molecule has 4 aromatic carbocycles. The molecule has 0 aromatic heterocycles. The van der Waals surface area contributed by atoms with E-state index in [1.54, 1.807) is 12.1 Å². The highest BCUT2D eigenvalue weighted by molar-refractivity contribution is 6.35. The van der Waals surface area contributed by atoms with E-state index < -0.39 is 41.4 Å². The summed E-state index contributed by atoms with van der Waals surface area (Å²) in [5.41, 5.74) is 0.789. The van der Waals surface area contributed by atoms with Gasteiger partial charge in [0.25, 0.3) is 23.6 Å². The van der Waals surface area contributed by atoms with Gasteiger partial charge in [-0.15, -0.1) is 0 Å². The first-order valence-electron chi connectivity index (χ1n) is 13.0. The fourth-order valence-corrected chi connectivity index (χ4v) is 5.05. The monoisotopic (exact) mass is 586 g/mol. The lowest BCUT2D eigenvalue weighted by Crippen LogP contribution is -2.29. The standard InChI is InChI=1S/C33H18N2O9/c36-27(18-4-2-6-22(14-18)35-29(38)24-11-9-20(33(43)44)16-26(24)31(35)40)12-7-17-3-1-5-21(13-17)34-28(37)23-10-8-19(32(41)42)15-25(23)30(34)39/h1-16H,(H,41,42)(H,43,44). The van der Waals surface area contributed by atoms with Gasteiger partial charge in [0, 0.05) is 5.56 Å². The Labute approximate surface area is 247 Å². The lowest BCUT2D eigenvalue weighted by atomic mass is 10.1. The molecular weight excluding hydrogens is 568 g/mol. The molecular formula is C33H18N2O9. The van der Waals surface area contributed by atoms with Crippen molar-refractivity contribution in [3.63, 3.8) is 0 Å². The summed E-state index contributed by atoms with van der Waals surface area (Å²) in [7, 11) is 0. The van der Waals surface area contributed by atoms with Gasteiger partial charge in [0.1, 0.15) is 0 Å². The maximum absolute atomic E-state index is 13.1. The molecule has 0 unspecified atom stereocenters. The average Bonchev–Trinajstić information content (AvgIpc) is 3.43. The molecule has 2 N–H and O–H groups in total. The zero-order valence-electron chi connectivity index (χ0n) is 22.4. The number of ketones is 1. The van der Waals surface area contributed by atoms with E-state index in [-0.39, 0.29) is 50.3 Å². The lowest BCUT2D eigenvalue weighted by Gasteiger charge is -2.14. The number of hydrogen-bond acceptors (Lipinski definition) is 7. The first kappa shape index (κ1) is 27.7. The highest BCUT2D eigenvalue weighted by Gasteiger charge is 2.38. The van der Waals surface area contributed by atoms with Crippen LogP contribution in [-0.4, -0.2) is 51.6 Å². The molecule has 11 nitrogen and oxygen atoms in total. The number of imide groups is 2. The third kappa shape index (κ3) is 4.54. The summed E-state index contributed by atoms with van der Waals surface area (Å²) in [6, 6.07) is 19.5. The van der Waals surface area contributed by atoms with E-state index in [0.29, 0.717) is 5.56 Å². The summed E-state index contributed by atoms with van der Waals surface area (Å²) in [5, 5.41) is 18.5. The van der Waals surface area contributed by atoms with Gasteiger partial charge in [-0.25, -0.2) is 19.4 Å². The van der Waals surface area contributed by atoms with Crippen LogP contribution in [0.4, 0.5) is 11.4 Å². The van der Waals surface area contributed by atoms with Crippen LogP contribution in [0.5, 0.6) is 0 Å². The number of fused-ring (bicyclic) bond motifs is 2. The Balaban J connectivity index is 1.22. The smallest absolute Gasteiger partial charge is 0.335 e. The Bertz CT molecular complexity index is 2040. The van der Waals surface area contributed by atoms with Crippen molar-refractivity contribution in [2.75, 3.05) is 9.80 Å². The van der Waals surface area contributed by atoms with Crippen molar-refractivity contribution in [1.29, 1.82) is 0 Å². The van der Waals surface area contributed by atoms with Crippen LogP contribution in [0.15, 0.2) is 91.0 Å². The molecule has 214 valence electrons. The second-order valence-electron chi connectivity index (χ2n) is 9.87. The number of carbonyl (C=O) groups excluding carboxylic acids is 5. The quantitative estimate of drug-likeness (QED) is 0.179. The summed E-state index contributed by atoms with van der Waals surface area (Å²) in [5.74, 6) is -5.58. The Hall–Kier alpha value is -6.49. The minimum atomic E-state index is -1.24. The van der Waals surface area contributed by atoms with E-state index in [1.807, 2.05) is 0 Å². The fourth-order valence-electron chi connectivity index (χ4n) is 5.05. The molecule has 4 amide bonds. The molecule has 4 aromatic rings. The van der Waals surface area contributed by atoms with Crippen molar-refractivity contribution < 1.29 is 43.8 Å². The molecule has 6 rings (SSSR count). The topological polar surface area (TPSA) is 166 Å². The van der Waals surface area contributed by atoms with Crippen molar-refractivity contribution in [3.05, 3.63) is 136 Å². The molecule has 11 heteroatoms. The minimum Gasteiger partial charge on any atom is -0.478 e. The number of carboxylic acids is 2. The van der Waals surface area contributed by atoms with Gasteiger partial charge in [0.2, 0.25) is 0 Å². The number of carbonyl (C=O) groups is 7. The Morgan fingerprint density at radius 3 is 1.52 bits per heavy atom. The maximum atomic E-state index is 13.1. The van der Waals surface area contributed by atoms with Gasteiger partial charge in [0.15, 0.2) is 5.78 Å². The van der Waals surface area contributed by atoms with Crippen LogP contribution in [0.2, 0.25) is 0 Å². The third-order valence-corrected chi connectivity index (χ3v) is 7.21. The second-order valence-corrected chi connectivity index (χ2v) is 9.87. The molecule has 0 spiro atoms. The Morgan fingerprint density at radius 2 is 1.00 bits per heavy atom. The van der Waals surface area contributed by atoms with Crippen LogP contribution in [0.25, 0.3) is 6.08 Å². The highest BCUT2D eigenvalue weighted by Crippen LogP contribution is 2.31. The van der Waals surface area contributed by atoms with E-state index >= 15 is 0 Å². The Kier molecular flexibility index (Phi) is 6.54. The van der Waals surface area contributed by atoms with Crippen LogP contribution < -0.4 is 9.80 Å². The molecule has 0 saturated heterocycles.